The number of aryl methyl sites for hydroxylation is 2. The zero-order valence-corrected chi connectivity index (χ0v) is 16.8. The number of hydrogen-bond donors (Lipinski definition) is 0. The number of benzene rings is 2. The van der Waals surface area contributed by atoms with E-state index in [0.29, 0.717) is 0 Å². The Labute approximate surface area is 173 Å². The van der Waals surface area contributed by atoms with E-state index in [0.717, 1.165) is 46.6 Å². The van der Waals surface area contributed by atoms with Crippen molar-refractivity contribution in [3.05, 3.63) is 97.9 Å². The van der Waals surface area contributed by atoms with Crippen LogP contribution in [0.1, 0.15) is 45.8 Å². The Balaban J connectivity index is 1.67. The molecule has 0 amide bonds. The normalized spacial score (nSPS) is 16.5. The summed E-state index contributed by atoms with van der Waals surface area (Å²) in [4.78, 5) is 20.3. The molecule has 0 radical (unpaired) electrons. The second-order valence-electron chi connectivity index (χ2n) is 7.84. The number of nitrogens with zero attached hydrogens (tertiary/aromatic N) is 2. The van der Waals surface area contributed by atoms with Crippen LogP contribution in [0.15, 0.2) is 59.4 Å². The fourth-order valence-corrected chi connectivity index (χ4v) is 6.07. The van der Waals surface area contributed by atoms with Crippen molar-refractivity contribution in [2.45, 2.75) is 32.2 Å². The molecule has 1 aliphatic heterocycles. The standard InChI is InChI=1S/C25H20N2OS/c28-24-22-19-12-6-7-13-21(19)29-25(22)27-15-17-10-4-5-11-18(17)20(23(27)26-24)14-16-8-2-1-3-9-16/h1-5,8-11,14H,6-7,12-13,15H2/b20-14-. The van der Waals surface area contributed by atoms with Gasteiger partial charge in [-0.25, -0.2) is 0 Å². The monoisotopic (exact) mass is 396 g/mol. The molecule has 4 heteroatoms. The minimum atomic E-state index is -0.0657. The summed E-state index contributed by atoms with van der Waals surface area (Å²) in [5.41, 5.74) is 5.79. The molecule has 142 valence electrons. The summed E-state index contributed by atoms with van der Waals surface area (Å²) in [6.45, 7) is 0.765. The third-order valence-corrected chi connectivity index (χ3v) is 7.38. The maximum atomic E-state index is 13.1. The minimum absolute atomic E-state index is 0.0657. The maximum absolute atomic E-state index is 13.1. The number of hydrogen-bond acceptors (Lipinski definition) is 3. The van der Waals surface area contributed by atoms with Gasteiger partial charge in [0.2, 0.25) is 0 Å². The molecule has 0 bridgehead atoms. The van der Waals surface area contributed by atoms with Crippen LogP contribution in [0.25, 0.3) is 21.9 Å². The molecule has 0 saturated heterocycles. The van der Waals surface area contributed by atoms with Crippen LogP contribution < -0.4 is 5.56 Å². The molecule has 4 aromatic rings. The molecule has 0 atom stereocenters. The Morgan fingerprint density at radius 1 is 0.966 bits per heavy atom. The molecule has 0 N–H and O–H groups in total. The fraction of sp³-hybridized carbons (Fsp3) is 0.200. The Morgan fingerprint density at radius 3 is 2.66 bits per heavy atom. The Hall–Kier alpha value is -2.98. The zero-order chi connectivity index (χ0) is 19.4. The highest BCUT2D eigenvalue weighted by molar-refractivity contribution is 7.18. The van der Waals surface area contributed by atoms with Gasteiger partial charge in [0.05, 0.1) is 11.9 Å². The van der Waals surface area contributed by atoms with Crippen molar-refractivity contribution in [2.75, 3.05) is 0 Å². The maximum Gasteiger partial charge on any atom is 0.282 e. The van der Waals surface area contributed by atoms with Crippen LogP contribution in [-0.2, 0) is 19.4 Å². The van der Waals surface area contributed by atoms with Crippen molar-refractivity contribution in [3.8, 4) is 0 Å². The molecule has 3 nitrogen and oxygen atoms in total. The van der Waals surface area contributed by atoms with Gasteiger partial charge < -0.3 is 4.57 Å². The van der Waals surface area contributed by atoms with Gasteiger partial charge in [0.1, 0.15) is 10.7 Å². The van der Waals surface area contributed by atoms with E-state index in [4.69, 9.17) is 0 Å². The van der Waals surface area contributed by atoms with E-state index in [1.54, 1.807) is 0 Å². The molecule has 2 aliphatic rings. The number of rotatable bonds is 1. The summed E-state index contributed by atoms with van der Waals surface area (Å²) in [6, 6.07) is 18.8. The van der Waals surface area contributed by atoms with Crippen LogP contribution in [0, 0.1) is 0 Å². The summed E-state index contributed by atoms with van der Waals surface area (Å²) >= 11 is 1.81. The van der Waals surface area contributed by atoms with Crippen LogP contribution in [0.2, 0.25) is 0 Å². The molecule has 6 rings (SSSR count). The van der Waals surface area contributed by atoms with Gasteiger partial charge in [0.15, 0.2) is 0 Å². The van der Waals surface area contributed by atoms with Gasteiger partial charge in [-0.3, -0.25) is 4.79 Å². The highest BCUT2D eigenvalue weighted by Gasteiger charge is 2.27. The predicted octanol–water partition coefficient (Wildman–Crippen LogP) is 5.29. The van der Waals surface area contributed by atoms with Crippen LogP contribution >= 0.6 is 11.3 Å². The van der Waals surface area contributed by atoms with Crippen molar-refractivity contribution < 1.29 is 0 Å². The molecule has 0 fully saturated rings. The fourth-order valence-electron chi connectivity index (χ4n) is 4.69. The predicted molar refractivity (Wildman–Crippen MR) is 119 cm³/mol. The third kappa shape index (κ3) is 2.63. The smallest absolute Gasteiger partial charge is 0.282 e. The van der Waals surface area contributed by atoms with Crippen molar-refractivity contribution in [1.82, 2.24) is 9.55 Å². The molecule has 2 aromatic carbocycles. The number of thiophene rings is 1. The van der Waals surface area contributed by atoms with E-state index >= 15 is 0 Å². The van der Waals surface area contributed by atoms with Crippen molar-refractivity contribution in [2.24, 2.45) is 0 Å². The quantitative estimate of drug-likeness (QED) is 0.386. The van der Waals surface area contributed by atoms with Gasteiger partial charge in [-0.2, -0.15) is 4.98 Å². The van der Waals surface area contributed by atoms with E-state index in [1.807, 2.05) is 29.5 Å². The second kappa shape index (κ2) is 6.53. The highest BCUT2D eigenvalue weighted by Crippen LogP contribution is 2.39. The first-order chi connectivity index (χ1) is 14.3. The van der Waals surface area contributed by atoms with Crippen molar-refractivity contribution >= 4 is 33.2 Å². The minimum Gasteiger partial charge on any atom is -0.312 e. The summed E-state index contributed by atoms with van der Waals surface area (Å²) in [5, 5.41) is 0.867. The van der Waals surface area contributed by atoms with Crippen LogP contribution in [0.5, 0.6) is 0 Å². The van der Waals surface area contributed by atoms with E-state index in [-0.39, 0.29) is 5.56 Å². The topological polar surface area (TPSA) is 34.9 Å². The molecule has 1 aliphatic carbocycles. The molecule has 3 heterocycles. The summed E-state index contributed by atoms with van der Waals surface area (Å²) in [7, 11) is 0. The van der Waals surface area contributed by atoms with E-state index in [2.05, 4.69) is 52.0 Å². The molecule has 2 aromatic heterocycles. The lowest BCUT2D eigenvalue weighted by molar-refractivity contribution is 0.699. The number of aromatic nitrogens is 2. The first-order valence-electron chi connectivity index (χ1n) is 10.2. The van der Waals surface area contributed by atoms with Crippen molar-refractivity contribution in [1.29, 1.82) is 0 Å². The summed E-state index contributed by atoms with van der Waals surface area (Å²) in [6.07, 6.45) is 6.65. The Bertz CT molecular complexity index is 1340. The first kappa shape index (κ1) is 16.9. The SMILES string of the molecule is O=c1nc2n(c3sc4c(c13)CCCC4)Cc1ccccc1/C2=C/c1ccccc1. The molecule has 0 unspecified atom stereocenters. The lowest BCUT2D eigenvalue weighted by Crippen LogP contribution is -2.23. The molecular weight excluding hydrogens is 376 g/mol. The largest absolute Gasteiger partial charge is 0.312 e. The van der Waals surface area contributed by atoms with Gasteiger partial charge in [-0.1, -0.05) is 54.6 Å². The van der Waals surface area contributed by atoms with Crippen LogP contribution in [-0.4, -0.2) is 9.55 Å². The van der Waals surface area contributed by atoms with Crippen LogP contribution in [0.4, 0.5) is 0 Å². The van der Waals surface area contributed by atoms with E-state index in [9.17, 15) is 4.79 Å². The molecular formula is C25H20N2OS. The molecule has 0 spiro atoms. The Kier molecular flexibility index (Phi) is 3.81. The van der Waals surface area contributed by atoms with Crippen molar-refractivity contribution in [3.63, 3.8) is 0 Å². The lowest BCUT2D eigenvalue weighted by atomic mass is 9.93. The third-order valence-electron chi connectivity index (χ3n) is 6.06. The molecule has 29 heavy (non-hydrogen) atoms. The first-order valence-corrected chi connectivity index (χ1v) is 11.0. The Morgan fingerprint density at radius 2 is 1.76 bits per heavy atom. The van der Waals surface area contributed by atoms with Crippen LogP contribution in [0.3, 0.4) is 0 Å². The van der Waals surface area contributed by atoms with Gasteiger partial charge in [0, 0.05) is 10.5 Å². The average molecular weight is 397 g/mol. The summed E-state index contributed by atoms with van der Waals surface area (Å²) < 4.78 is 2.27. The second-order valence-corrected chi connectivity index (χ2v) is 8.93. The van der Waals surface area contributed by atoms with Gasteiger partial charge in [0.25, 0.3) is 5.56 Å². The lowest BCUT2D eigenvalue weighted by Gasteiger charge is -2.24. The van der Waals surface area contributed by atoms with Gasteiger partial charge in [-0.05, 0) is 54.0 Å². The summed E-state index contributed by atoms with van der Waals surface area (Å²) in [5.74, 6) is 0.795. The number of fused-ring (bicyclic) bond motifs is 6. The average Bonchev–Trinajstić information content (AvgIpc) is 3.16. The van der Waals surface area contributed by atoms with Gasteiger partial charge in [-0.15, -0.1) is 11.3 Å². The zero-order valence-electron chi connectivity index (χ0n) is 16.0. The molecule has 0 saturated carbocycles. The van der Waals surface area contributed by atoms with E-state index in [1.165, 1.54) is 34.4 Å². The highest BCUT2D eigenvalue weighted by atomic mass is 32.1. The van der Waals surface area contributed by atoms with E-state index < -0.39 is 0 Å². The van der Waals surface area contributed by atoms with Gasteiger partial charge >= 0.3 is 0 Å².